The Bertz CT molecular complexity index is 449. The summed E-state index contributed by atoms with van der Waals surface area (Å²) in [7, 11) is 1.83. The third-order valence-corrected chi connectivity index (χ3v) is 1.88. The molecule has 6 heteroatoms. The summed E-state index contributed by atoms with van der Waals surface area (Å²) in [5, 5.41) is 7.30. The summed E-state index contributed by atoms with van der Waals surface area (Å²) in [4.78, 5) is 8.00. The highest BCUT2D eigenvalue weighted by Crippen LogP contribution is 2.09. The summed E-state index contributed by atoms with van der Waals surface area (Å²) < 4.78 is 1.66. The molecule has 2 aromatic heterocycles. The average molecular weight is 204 g/mol. The number of nitrogens with one attached hydrogen (secondary N) is 1. The van der Waals surface area contributed by atoms with E-state index in [1.54, 1.807) is 23.3 Å². The van der Waals surface area contributed by atoms with Gasteiger partial charge in [0.1, 0.15) is 12.1 Å². The van der Waals surface area contributed by atoms with Gasteiger partial charge in [-0.05, 0) is 6.07 Å². The van der Waals surface area contributed by atoms with E-state index in [1.165, 1.54) is 0 Å². The monoisotopic (exact) mass is 204 g/mol. The van der Waals surface area contributed by atoms with Gasteiger partial charge in [0.15, 0.2) is 5.82 Å². The molecule has 78 valence electrons. The molecule has 15 heavy (non-hydrogen) atoms. The van der Waals surface area contributed by atoms with Crippen LogP contribution in [0.3, 0.4) is 0 Å². The Morgan fingerprint density at radius 3 is 3.00 bits per heavy atom. The molecule has 0 fully saturated rings. The van der Waals surface area contributed by atoms with Gasteiger partial charge < -0.3 is 11.1 Å². The van der Waals surface area contributed by atoms with Crippen molar-refractivity contribution in [3.63, 3.8) is 0 Å². The zero-order valence-corrected chi connectivity index (χ0v) is 8.38. The summed E-state index contributed by atoms with van der Waals surface area (Å²) in [5.41, 5.74) is 6.46. The van der Waals surface area contributed by atoms with Crippen molar-refractivity contribution in [2.45, 2.75) is 6.54 Å². The van der Waals surface area contributed by atoms with Gasteiger partial charge in [-0.3, -0.25) is 4.68 Å². The highest BCUT2D eigenvalue weighted by Gasteiger charge is 1.98. The number of nitrogen functional groups attached to an aromatic ring is 1. The number of hydrogen-bond acceptors (Lipinski definition) is 5. The van der Waals surface area contributed by atoms with Gasteiger partial charge in [0.2, 0.25) is 0 Å². The molecule has 0 aliphatic carbocycles. The Morgan fingerprint density at radius 1 is 1.47 bits per heavy atom. The van der Waals surface area contributed by atoms with Crippen molar-refractivity contribution >= 4 is 11.5 Å². The summed E-state index contributed by atoms with van der Waals surface area (Å²) in [6.07, 6.45) is 3.32. The second-order valence-corrected chi connectivity index (χ2v) is 3.16. The SMILES string of the molecule is Cn1cnc(CNc2ccnc(N)c2)n1. The van der Waals surface area contributed by atoms with Crippen molar-refractivity contribution in [2.75, 3.05) is 11.1 Å². The molecule has 0 amide bonds. The fraction of sp³-hybridized carbons (Fsp3) is 0.222. The van der Waals surface area contributed by atoms with Gasteiger partial charge in [0.25, 0.3) is 0 Å². The Balaban J connectivity index is 1.99. The van der Waals surface area contributed by atoms with E-state index in [0.717, 1.165) is 11.5 Å². The standard InChI is InChI=1S/C9H12N6/c1-15-6-13-9(14-15)5-12-7-2-3-11-8(10)4-7/h2-4,6H,5H2,1H3,(H3,10,11,12). The normalized spacial score (nSPS) is 10.2. The van der Waals surface area contributed by atoms with E-state index in [2.05, 4.69) is 20.4 Å². The van der Waals surface area contributed by atoms with E-state index >= 15 is 0 Å². The van der Waals surface area contributed by atoms with Crippen molar-refractivity contribution < 1.29 is 0 Å². The van der Waals surface area contributed by atoms with Gasteiger partial charge in [0.05, 0.1) is 6.54 Å². The number of aromatic nitrogens is 4. The van der Waals surface area contributed by atoms with Crippen LogP contribution in [-0.4, -0.2) is 19.7 Å². The first-order chi connectivity index (χ1) is 7.24. The van der Waals surface area contributed by atoms with Gasteiger partial charge in [-0.2, -0.15) is 5.10 Å². The first kappa shape index (κ1) is 9.45. The molecule has 3 N–H and O–H groups in total. The van der Waals surface area contributed by atoms with Crippen molar-refractivity contribution in [3.8, 4) is 0 Å². The van der Waals surface area contributed by atoms with Crippen molar-refractivity contribution in [1.82, 2.24) is 19.7 Å². The van der Waals surface area contributed by atoms with Crippen LogP contribution in [0.15, 0.2) is 24.7 Å². The van der Waals surface area contributed by atoms with E-state index < -0.39 is 0 Å². The molecule has 2 rings (SSSR count). The third kappa shape index (κ3) is 2.43. The molecular formula is C9H12N6. The first-order valence-electron chi connectivity index (χ1n) is 4.54. The molecule has 0 atom stereocenters. The second kappa shape index (κ2) is 3.95. The first-order valence-corrected chi connectivity index (χ1v) is 4.54. The predicted octanol–water partition coefficient (Wildman–Crippen LogP) is 0.404. The van der Waals surface area contributed by atoms with E-state index in [-0.39, 0.29) is 0 Å². The number of pyridine rings is 1. The molecule has 0 aromatic carbocycles. The third-order valence-electron chi connectivity index (χ3n) is 1.88. The van der Waals surface area contributed by atoms with Crippen molar-refractivity contribution in [1.29, 1.82) is 0 Å². The maximum Gasteiger partial charge on any atom is 0.169 e. The highest BCUT2D eigenvalue weighted by atomic mass is 15.3. The largest absolute Gasteiger partial charge is 0.384 e. The maximum absolute atomic E-state index is 5.55. The van der Waals surface area contributed by atoms with Crippen LogP contribution < -0.4 is 11.1 Å². The minimum absolute atomic E-state index is 0.494. The lowest BCUT2D eigenvalue weighted by atomic mass is 10.4. The quantitative estimate of drug-likeness (QED) is 0.756. The number of rotatable bonds is 3. The number of hydrogen-bond donors (Lipinski definition) is 2. The highest BCUT2D eigenvalue weighted by molar-refractivity contribution is 5.49. The lowest BCUT2D eigenvalue weighted by Crippen LogP contribution is -2.03. The van der Waals surface area contributed by atoms with Crippen molar-refractivity contribution in [2.24, 2.45) is 7.05 Å². The minimum Gasteiger partial charge on any atom is -0.384 e. The van der Waals surface area contributed by atoms with Crippen LogP contribution in [0, 0.1) is 0 Å². The number of nitrogens with zero attached hydrogens (tertiary/aromatic N) is 4. The Hall–Kier alpha value is -2.11. The van der Waals surface area contributed by atoms with Gasteiger partial charge in [0, 0.05) is 25.0 Å². The smallest absolute Gasteiger partial charge is 0.169 e. The van der Waals surface area contributed by atoms with Gasteiger partial charge >= 0.3 is 0 Å². The van der Waals surface area contributed by atoms with Crippen molar-refractivity contribution in [3.05, 3.63) is 30.5 Å². The Kier molecular flexibility index (Phi) is 2.49. The molecule has 0 spiro atoms. The second-order valence-electron chi connectivity index (χ2n) is 3.16. The summed E-state index contributed by atoms with van der Waals surface area (Å²) in [5.74, 6) is 1.24. The Labute approximate surface area is 87.2 Å². The van der Waals surface area contributed by atoms with Crippen LogP contribution in [0.1, 0.15) is 5.82 Å². The molecule has 0 unspecified atom stereocenters. The number of nitrogens with two attached hydrogens (primary N) is 1. The van der Waals surface area contributed by atoms with Crippen LogP contribution in [0.5, 0.6) is 0 Å². The molecule has 0 radical (unpaired) electrons. The lowest BCUT2D eigenvalue weighted by Gasteiger charge is -2.03. The summed E-state index contributed by atoms with van der Waals surface area (Å²) in [6.45, 7) is 0.574. The van der Waals surface area contributed by atoms with E-state index in [1.807, 2.05) is 13.1 Å². The van der Waals surface area contributed by atoms with Crippen LogP contribution in [0.4, 0.5) is 11.5 Å². The van der Waals surface area contributed by atoms with Crippen LogP contribution in [0.2, 0.25) is 0 Å². The molecule has 0 aliphatic rings. The van der Waals surface area contributed by atoms with Crippen LogP contribution >= 0.6 is 0 Å². The van der Waals surface area contributed by atoms with Gasteiger partial charge in [-0.25, -0.2) is 9.97 Å². The van der Waals surface area contributed by atoms with E-state index in [0.29, 0.717) is 12.4 Å². The molecule has 0 saturated carbocycles. The zero-order valence-electron chi connectivity index (χ0n) is 8.38. The minimum atomic E-state index is 0.494. The van der Waals surface area contributed by atoms with Crippen LogP contribution in [-0.2, 0) is 13.6 Å². The zero-order chi connectivity index (χ0) is 10.7. The van der Waals surface area contributed by atoms with Crippen LogP contribution in [0.25, 0.3) is 0 Å². The fourth-order valence-corrected chi connectivity index (χ4v) is 1.20. The number of anilines is 2. The fourth-order valence-electron chi connectivity index (χ4n) is 1.20. The maximum atomic E-state index is 5.55. The molecule has 6 nitrogen and oxygen atoms in total. The summed E-state index contributed by atoms with van der Waals surface area (Å²) >= 11 is 0. The molecule has 2 aromatic rings. The molecule has 0 bridgehead atoms. The summed E-state index contributed by atoms with van der Waals surface area (Å²) in [6, 6.07) is 3.61. The number of aryl methyl sites for hydroxylation is 1. The molecule has 2 heterocycles. The Morgan fingerprint density at radius 2 is 2.33 bits per heavy atom. The molecule has 0 aliphatic heterocycles. The lowest BCUT2D eigenvalue weighted by molar-refractivity contribution is 0.747. The average Bonchev–Trinajstić information content (AvgIpc) is 2.62. The van der Waals surface area contributed by atoms with Gasteiger partial charge in [-0.1, -0.05) is 0 Å². The molecular weight excluding hydrogens is 192 g/mol. The molecule has 0 saturated heterocycles. The predicted molar refractivity (Wildman–Crippen MR) is 57.0 cm³/mol. The topological polar surface area (TPSA) is 81.7 Å². The van der Waals surface area contributed by atoms with Gasteiger partial charge in [-0.15, -0.1) is 0 Å². The van der Waals surface area contributed by atoms with E-state index in [9.17, 15) is 0 Å². The van der Waals surface area contributed by atoms with E-state index in [4.69, 9.17) is 5.73 Å².